The lowest BCUT2D eigenvalue weighted by atomic mass is 10.0. The van der Waals surface area contributed by atoms with Crippen molar-refractivity contribution in [1.29, 1.82) is 0 Å². The van der Waals surface area contributed by atoms with Gasteiger partial charge in [-0.25, -0.2) is 0 Å². The number of hydrogen-bond acceptors (Lipinski definition) is 6. The van der Waals surface area contributed by atoms with Crippen LogP contribution in [0.1, 0.15) is 12.5 Å². The van der Waals surface area contributed by atoms with E-state index in [4.69, 9.17) is 9.47 Å². The van der Waals surface area contributed by atoms with Crippen molar-refractivity contribution in [3.05, 3.63) is 23.8 Å². The van der Waals surface area contributed by atoms with E-state index in [0.29, 0.717) is 18.7 Å². The minimum absolute atomic E-state index is 0.112. The Morgan fingerprint density at radius 2 is 1.96 bits per heavy atom. The largest absolute Gasteiger partial charge is 0.573 e. The second-order valence-electron chi connectivity index (χ2n) is 5.61. The summed E-state index contributed by atoms with van der Waals surface area (Å²) in [7, 11) is 2.86. The molecule has 0 aromatic heterocycles. The van der Waals surface area contributed by atoms with Crippen molar-refractivity contribution in [2.45, 2.75) is 25.4 Å². The van der Waals surface area contributed by atoms with Crippen LogP contribution in [0, 0.1) is 0 Å². The zero-order chi connectivity index (χ0) is 19.8. The molecule has 3 N–H and O–H groups in total. The number of carbonyl (C=O) groups is 1. The predicted octanol–water partition coefficient (Wildman–Crippen LogP) is 1.20. The molecular formula is C16H23F3N2O5. The fourth-order valence-corrected chi connectivity index (χ4v) is 2.10. The summed E-state index contributed by atoms with van der Waals surface area (Å²) in [5.74, 6) is -0.663. The van der Waals surface area contributed by atoms with Crippen molar-refractivity contribution in [1.82, 2.24) is 10.6 Å². The molecule has 0 aliphatic heterocycles. The number of methoxy groups -OCH3 is 2. The second-order valence-corrected chi connectivity index (χ2v) is 5.61. The van der Waals surface area contributed by atoms with Gasteiger partial charge in [0.25, 0.3) is 0 Å². The number of aliphatic hydroxyl groups excluding tert-OH is 1. The van der Waals surface area contributed by atoms with E-state index in [0.717, 1.165) is 12.1 Å². The molecule has 0 saturated carbocycles. The smallest absolute Gasteiger partial charge is 0.496 e. The Hall–Kier alpha value is -2.04. The molecule has 1 aromatic rings. The number of ether oxygens (including phenoxy) is 3. The SMILES string of the molecule is COCCNC(C)(CO)C(=O)NCc1cc(OC(F)(F)F)ccc1OC. The molecule has 10 heteroatoms. The lowest BCUT2D eigenvalue weighted by Crippen LogP contribution is -2.57. The lowest BCUT2D eigenvalue weighted by molar-refractivity contribution is -0.274. The zero-order valence-corrected chi connectivity index (χ0v) is 14.8. The molecule has 148 valence electrons. The van der Waals surface area contributed by atoms with Gasteiger partial charge in [-0.15, -0.1) is 13.2 Å². The molecule has 0 radical (unpaired) electrons. The average Bonchev–Trinajstić information content (AvgIpc) is 2.58. The minimum atomic E-state index is -4.82. The van der Waals surface area contributed by atoms with Gasteiger partial charge >= 0.3 is 6.36 Å². The normalized spacial score (nSPS) is 13.8. The predicted molar refractivity (Wildman–Crippen MR) is 86.9 cm³/mol. The van der Waals surface area contributed by atoms with Gasteiger partial charge in [0.1, 0.15) is 17.0 Å². The third-order valence-corrected chi connectivity index (χ3v) is 3.56. The molecule has 0 fully saturated rings. The van der Waals surface area contributed by atoms with Crippen LogP contribution in [-0.2, 0) is 16.1 Å². The number of benzene rings is 1. The van der Waals surface area contributed by atoms with Crippen molar-refractivity contribution < 1.29 is 37.3 Å². The van der Waals surface area contributed by atoms with Crippen molar-refractivity contribution in [3.63, 3.8) is 0 Å². The van der Waals surface area contributed by atoms with E-state index in [-0.39, 0.29) is 12.3 Å². The van der Waals surface area contributed by atoms with E-state index in [1.165, 1.54) is 27.2 Å². The number of nitrogens with one attached hydrogen (secondary N) is 2. The number of rotatable bonds is 10. The first-order valence-corrected chi connectivity index (χ1v) is 7.71. The molecule has 1 unspecified atom stereocenters. The molecule has 1 aromatic carbocycles. The highest BCUT2D eigenvalue weighted by Crippen LogP contribution is 2.28. The fraction of sp³-hybridized carbons (Fsp3) is 0.562. The van der Waals surface area contributed by atoms with Crippen LogP contribution in [0.2, 0.25) is 0 Å². The molecule has 26 heavy (non-hydrogen) atoms. The third-order valence-electron chi connectivity index (χ3n) is 3.56. The topological polar surface area (TPSA) is 89.0 Å². The summed E-state index contributed by atoms with van der Waals surface area (Å²) in [5.41, 5.74) is -0.981. The number of hydrogen-bond donors (Lipinski definition) is 3. The van der Waals surface area contributed by atoms with Crippen molar-refractivity contribution in [2.75, 3.05) is 34.0 Å². The highest BCUT2D eigenvalue weighted by molar-refractivity contribution is 5.86. The van der Waals surface area contributed by atoms with Gasteiger partial charge in [-0.1, -0.05) is 0 Å². The Morgan fingerprint density at radius 1 is 1.27 bits per heavy atom. The van der Waals surface area contributed by atoms with Gasteiger partial charge in [0.05, 0.1) is 20.3 Å². The Morgan fingerprint density at radius 3 is 2.50 bits per heavy atom. The van der Waals surface area contributed by atoms with Crippen LogP contribution < -0.4 is 20.1 Å². The molecule has 1 amide bonds. The van der Waals surface area contributed by atoms with Gasteiger partial charge < -0.3 is 24.6 Å². The summed E-state index contributed by atoms with van der Waals surface area (Å²) in [4.78, 5) is 12.4. The first-order chi connectivity index (χ1) is 12.1. The number of carbonyl (C=O) groups excluding carboxylic acids is 1. The first kappa shape index (κ1) is 22.0. The quantitative estimate of drug-likeness (QED) is 0.529. The molecule has 0 heterocycles. The van der Waals surface area contributed by atoms with Gasteiger partial charge in [0, 0.05) is 25.8 Å². The molecule has 0 spiro atoms. The second kappa shape index (κ2) is 9.60. The van der Waals surface area contributed by atoms with E-state index in [1.54, 1.807) is 0 Å². The van der Waals surface area contributed by atoms with Crippen LogP contribution in [0.3, 0.4) is 0 Å². The lowest BCUT2D eigenvalue weighted by Gasteiger charge is -2.27. The van der Waals surface area contributed by atoms with Crippen LogP contribution in [0.25, 0.3) is 0 Å². The Bertz CT molecular complexity index is 598. The van der Waals surface area contributed by atoms with Crippen LogP contribution in [-0.4, -0.2) is 56.9 Å². The summed E-state index contributed by atoms with van der Waals surface area (Å²) in [6.45, 7) is 1.58. The van der Waals surface area contributed by atoms with Gasteiger partial charge in [0.2, 0.25) is 5.91 Å². The molecule has 0 aliphatic carbocycles. The van der Waals surface area contributed by atoms with Crippen LogP contribution in [0.4, 0.5) is 13.2 Å². The number of aliphatic hydroxyl groups is 1. The van der Waals surface area contributed by atoms with Crippen molar-refractivity contribution in [2.24, 2.45) is 0 Å². The van der Waals surface area contributed by atoms with Gasteiger partial charge in [-0.2, -0.15) is 0 Å². The summed E-state index contributed by atoms with van der Waals surface area (Å²) >= 11 is 0. The highest BCUT2D eigenvalue weighted by Gasteiger charge is 2.33. The Balaban J connectivity index is 2.83. The van der Waals surface area contributed by atoms with E-state index in [2.05, 4.69) is 15.4 Å². The molecule has 7 nitrogen and oxygen atoms in total. The minimum Gasteiger partial charge on any atom is -0.496 e. The number of alkyl halides is 3. The van der Waals surface area contributed by atoms with Gasteiger partial charge in [-0.3, -0.25) is 10.1 Å². The molecule has 0 aliphatic rings. The van der Waals surface area contributed by atoms with E-state index < -0.39 is 30.2 Å². The number of halogens is 3. The molecule has 0 saturated heterocycles. The van der Waals surface area contributed by atoms with Crippen LogP contribution in [0.15, 0.2) is 18.2 Å². The maximum absolute atomic E-state index is 12.4. The van der Waals surface area contributed by atoms with E-state index in [9.17, 15) is 23.1 Å². The van der Waals surface area contributed by atoms with Crippen molar-refractivity contribution >= 4 is 5.91 Å². The number of amides is 1. The van der Waals surface area contributed by atoms with Crippen LogP contribution >= 0.6 is 0 Å². The Kier molecular flexibility index (Phi) is 8.12. The van der Waals surface area contributed by atoms with E-state index >= 15 is 0 Å². The standard InChI is InChI=1S/C16H23F3N2O5/c1-15(10-22,21-6-7-24-2)14(23)20-9-11-8-12(26-16(17,18)19)4-5-13(11)25-3/h4-5,8,21-22H,6-7,9-10H2,1-3H3,(H,20,23). The summed E-state index contributed by atoms with van der Waals surface area (Å²) < 4.78 is 50.9. The van der Waals surface area contributed by atoms with Gasteiger partial charge in [0.15, 0.2) is 0 Å². The van der Waals surface area contributed by atoms with Gasteiger partial charge in [-0.05, 0) is 25.1 Å². The fourth-order valence-electron chi connectivity index (χ4n) is 2.10. The third kappa shape index (κ3) is 6.70. The summed E-state index contributed by atoms with van der Waals surface area (Å²) in [5, 5.41) is 14.9. The maximum atomic E-state index is 12.4. The summed E-state index contributed by atoms with van der Waals surface area (Å²) in [6, 6.07) is 3.55. The zero-order valence-electron chi connectivity index (χ0n) is 14.8. The maximum Gasteiger partial charge on any atom is 0.573 e. The monoisotopic (exact) mass is 380 g/mol. The van der Waals surface area contributed by atoms with Crippen molar-refractivity contribution in [3.8, 4) is 11.5 Å². The Labute approximate surface area is 149 Å². The van der Waals surface area contributed by atoms with E-state index in [1.807, 2.05) is 0 Å². The molecule has 0 bridgehead atoms. The average molecular weight is 380 g/mol. The molecular weight excluding hydrogens is 357 g/mol. The van der Waals surface area contributed by atoms with Crippen LogP contribution in [0.5, 0.6) is 11.5 Å². The first-order valence-electron chi connectivity index (χ1n) is 7.71. The highest BCUT2D eigenvalue weighted by atomic mass is 19.4. The molecule has 1 rings (SSSR count). The molecule has 1 atom stereocenters. The summed E-state index contributed by atoms with van der Waals surface area (Å²) in [6.07, 6.45) is -4.82.